The van der Waals surface area contributed by atoms with Crippen LogP contribution in [0.3, 0.4) is 0 Å². The Morgan fingerprint density at radius 3 is 2.72 bits per heavy atom. The summed E-state index contributed by atoms with van der Waals surface area (Å²) in [5.74, 6) is 2.65. The van der Waals surface area contributed by atoms with Crippen LogP contribution in [0.15, 0.2) is 34.9 Å². The fraction of sp³-hybridized carbons (Fsp3) is 0.524. The number of aromatic nitrogens is 2. The predicted molar refractivity (Wildman–Crippen MR) is 118 cm³/mol. The molecule has 7 nitrogen and oxygen atoms in total. The third-order valence-corrected chi connectivity index (χ3v) is 6.01. The molecule has 2 aliphatic rings. The van der Waals surface area contributed by atoms with Gasteiger partial charge in [-0.15, -0.1) is 0 Å². The van der Waals surface area contributed by atoms with Gasteiger partial charge in [0.25, 0.3) is 0 Å². The van der Waals surface area contributed by atoms with Crippen LogP contribution in [-0.2, 0) is 11.3 Å². The maximum absolute atomic E-state index is 5.52. The number of rotatable bonds is 6. The Morgan fingerprint density at radius 1 is 1.17 bits per heavy atom. The first-order valence-corrected chi connectivity index (χ1v) is 11.0. The Morgan fingerprint density at radius 2 is 1.97 bits per heavy atom. The molecule has 156 valence electrons. The first kappa shape index (κ1) is 20.4. The molecule has 1 aromatic heterocycles. The summed E-state index contributed by atoms with van der Waals surface area (Å²) in [6, 6.07) is 8.59. The Balaban J connectivity index is 1.31. The second-order valence-electron chi connectivity index (χ2n) is 7.49. The van der Waals surface area contributed by atoms with Crippen molar-refractivity contribution in [3.63, 3.8) is 0 Å². The Kier molecular flexibility index (Phi) is 6.84. The van der Waals surface area contributed by atoms with Gasteiger partial charge in [0.05, 0.1) is 20.3 Å². The standard InChI is InChI=1S/C21H28BrN5O2/c1-28-19-3-2-17(22)14-16(19)15-26-8-5-18(6-9-26)24-20-4-7-23-21(25-20)27-10-12-29-13-11-27/h2-4,7,14,18H,5-6,8-13,15H2,1H3,(H,23,24,25). The van der Waals surface area contributed by atoms with Crippen molar-refractivity contribution in [2.24, 2.45) is 0 Å². The maximum Gasteiger partial charge on any atom is 0.227 e. The van der Waals surface area contributed by atoms with E-state index in [2.05, 4.69) is 42.1 Å². The highest BCUT2D eigenvalue weighted by atomic mass is 79.9. The minimum absolute atomic E-state index is 0.433. The van der Waals surface area contributed by atoms with Crippen molar-refractivity contribution < 1.29 is 9.47 Å². The summed E-state index contributed by atoms with van der Waals surface area (Å²) in [6.07, 6.45) is 4.02. The van der Waals surface area contributed by atoms with E-state index in [0.29, 0.717) is 6.04 Å². The summed E-state index contributed by atoms with van der Waals surface area (Å²) in [4.78, 5) is 13.8. The van der Waals surface area contributed by atoms with Gasteiger partial charge in [-0.25, -0.2) is 4.98 Å². The van der Waals surface area contributed by atoms with E-state index < -0.39 is 0 Å². The average Bonchev–Trinajstić information content (AvgIpc) is 2.76. The molecule has 0 saturated carbocycles. The number of methoxy groups -OCH3 is 1. The van der Waals surface area contributed by atoms with Crippen molar-refractivity contribution in [1.29, 1.82) is 0 Å². The zero-order chi connectivity index (χ0) is 20.1. The minimum atomic E-state index is 0.433. The van der Waals surface area contributed by atoms with Gasteiger partial charge in [-0.1, -0.05) is 15.9 Å². The molecule has 3 heterocycles. The zero-order valence-electron chi connectivity index (χ0n) is 16.8. The number of nitrogens with one attached hydrogen (secondary N) is 1. The summed E-state index contributed by atoms with van der Waals surface area (Å²) in [5, 5.41) is 3.61. The Labute approximate surface area is 180 Å². The first-order chi connectivity index (χ1) is 14.2. The summed E-state index contributed by atoms with van der Waals surface area (Å²) in [5.41, 5.74) is 1.22. The van der Waals surface area contributed by atoms with E-state index in [9.17, 15) is 0 Å². The van der Waals surface area contributed by atoms with Gasteiger partial charge in [0.1, 0.15) is 11.6 Å². The van der Waals surface area contributed by atoms with Gasteiger partial charge in [-0.2, -0.15) is 4.98 Å². The van der Waals surface area contributed by atoms with Gasteiger partial charge in [0, 0.05) is 55.0 Å². The molecule has 0 aliphatic carbocycles. The molecule has 29 heavy (non-hydrogen) atoms. The highest BCUT2D eigenvalue weighted by molar-refractivity contribution is 9.10. The number of hydrogen-bond acceptors (Lipinski definition) is 7. The molecular formula is C21H28BrN5O2. The van der Waals surface area contributed by atoms with Crippen LogP contribution in [0, 0.1) is 0 Å². The molecule has 0 bridgehead atoms. The summed E-state index contributed by atoms with van der Waals surface area (Å²) < 4.78 is 12.0. The second kappa shape index (κ2) is 9.73. The largest absolute Gasteiger partial charge is 0.496 e. The van der Waals surface area contributed by atoms with Crippen LogP contribution >= 0.6 is 15.9 Å². The molecular weight excluding hydrogens is 434 g/mol. The monoisotopic (exact) mass is 461 g/mol. The molecule has 0 atom stereocenters. The van der Waals surface area contributed by atoms with Crippen LogP contribution in [0.1, 0.15) is 18.4 Å². The SMILES string of the molecule is COc1ccc(Br)cc1CN1CCC(Nc2ccnc(N3CCOCC3)n2)CC1. The second-order valence-corrected chi connectivity index (χ2v) is 8.41. The Hall–Kier alpha value is -1.90. The van der Waals surface area contributed by atoms with E-state index >= 15 is 0 Å². The third-order valence-electron chi connectivity index (χ3n) is 5.51. The number of ether oxygens (including phenoxy) is 2. The lowest BCUT2D eigenvalue weighted by Gasteiger charge is -2.33. The normalized spacial score (nSPS) is 18.6. The molecule has 4 rings (SSSR count). The van der Waals surface area contributed by atoms with Crippen molar-refractivity contribution in [1.82, 2.24) is 14.9 Å². The average molecular weight is 462 g/mol. The van der Waals surface area contributed by atoms with Crippen molar-refractivity contribution in [2.75, 3.05) is 56.7 Å². The fourth-order valence-electron chi connectivity index (χ4n) is 3.90. The van der Waals surface area contributed by atoms with E-state index in [1.807, 2.05) is 24.4 Å². The quantitative estimate of drug-likeness (QED) is 0.708. The van der Waals surface area contributed by atoms with E-state index in [-0.39, 0.29) is 0 Å². The predicted octanol–water partition coefficient (Wildman–Crippen LogP) is 3.16. The summed E-state index contributed by atoms with van der Waals surface area (Å²) >= 11 is 3.56. The molecule has 0 unspecified atom stereocenters. The summed E-state index contributed by atoms with van der Waals surface area (Å²) in [6.45, 7) is 6.18. The van der Waals surface area contributed by atoms with Crippen LogP contribution in [0.4, 0.5) is 11.8 Å². The number of benzene rings is 1. The smallest absolute Gasteiger partial charge is 0.227 e. The number of nitrogens with zero attached hydrogens (tertiary/aromatic N) is 4. The number of halogens is 1. The van der Waals surface area contributed by atoms with Gasteiger partial charge < -0.3 is 19.7 Å². The number of anilines is 2. The molecule has 2 aromatic rings. The van der Waals surface area contributed by atoms with Crippen molar-refractivity contribution >= 4 is 27.7 Å². The van der Waals surface area contributed by atoms with Gasteiger partial charge in [-0.3, -0.25) is 4.90 Å². The highest BCUT2D eigenvalue weighted by Gasteiger charge is 2.21. The maximum atomic E-state index is 5.52. The topological polar surface area (TPSA) is 62.8 Å². The zero-order valence-corrected chi connectivity index (χ0v) is 18.4. The van der Waals surface area contributed by atoms with Gasteiger partial charge >= 0.3 is 0 Å². The van der Waals surface area contributed by atoms with Crippen LogP contribution < -0.4 is 15.0 Å². The molecule has 1 aromatic carbocycles. The Bertz CT molecular complexity index is 807. The molecule has 2 fully saturated rings. The lowest BCUT2D eigenvalue weighted by molar-refractivity contribution is 0.122. The number of morpholine rings is 1. The summed E-state index contributed by atoms with van der Waals surface area (Å²) in [7, 11) is 1.73. The lowest BCUT2D eigenvalue weighted by Crippen LogP contribution is -2.39. The van der Waals surface area contributed by atoms with Crippen LogP contribution in [0.25, 0.3) is 0 Å². The van der Waals surface area contributed by atoms with Crippen LogP contribution in [0.2, 0.25) is 0 Å². The van der Waals surface area contributed by atoms with Crippen molar-refractivity contribution in [3.8, 4) is 5.75 Å². The number of piperidine rings is 1. The molecule has 2 saturated heterocycles. The highest BCUT2D eigenvalue weighted by Crippen LogP contribution is 2.26. The van der Waals surface area contributed by atoms with E-state index in [4.69, 9.17) is 14.5 Å². The van der Waals surface area contributed by atoms with Gasteiger partial charge in [0.15, 0.2) is 0 Å². The van der Waals surface area contributed by atoms with Crippen molar-refractivity contribution in [3.05, 3.63) is 40.5 Å². The van der Waals surface area contributed by atoms with Crippen LogP contribution in [-0.4, -0.2) is 67.4 Å². The van der Waals surface area contributed by atoms with Crippen LogP contribution in [0.5, 0.6) is 5.75 Å². The van der Waals surface area contributed by atoms with Gasteiger partial charge in [0.2, 0.25) is 5.95 Å². The third kappa shape index (κ3) is 5.38. The van der Waals surface area contributed by atoms with E-state index in [1.54, 1.807) is 7.11 Å². The van der Waals surface area contributed by atoms with E-state index in [0.717, 1.165) is 80.8 Å². The molecule has 0 amide bonds. The molecule has 2 aliphatic heterocycles. The fourth-order valence-corrected chi connectivity index (χ4v) is 4.31. The molecule has 0 spiro atoms. The minimum Gasteiger partial charge on any atom is -0.496 e. The number of likely N-dealkylation sites (tertiary alicyclic amines) is 1. The van der Waals surface area contributed by atoms with Gasteiger partial charge in [-0.05, 0) is 37.1 Å². The van der Waals surface area contributed by atoms with Crippen molar-refractivity contribution in [2.45, 2.75) is 25.4 Å². The molecule has 0 radical (unpaired) electrons. The number of hydrogen-bond donors (Lipinski definition) is 1. The van der Waals surface area contributed by atoms with E-state index in [1.165, 1.54) is 5.56 Å². The molecule has 1 N–H and O–H groups in total. The lowest BCUT2D eigenvalue weighted by atomic mass is 10.0. The first-order valence-electron chi connectivity index (χ1n) is 10.2. The molecule has 8 heteroatoms.